The van der Waals surface area contributed by atoms with Crippen LogP contribution in [0.1, 0.15) is 36.7 Å². The van der Waals surface area contributed by atoms with E-state index in [1.165, 1.54) is 23.2 Å². The molecule has 0 bridgehead atoms. The molecule has 1 N–H and O–H groups in total. The van der Waals surface area contributed by atoms with Crippen LogP contribution in [-0.2, 0) is 4.79 Å². The monoisotopic (exact) mass is 406 g/mol. The van der Waals surface area contributed by atoms with Crippen molar-refractivity contribution in [1.82, 2.24) is 9.88 Å². The SMILES string of the molecule is O=C(CN1CCC[C@@H]1c1nc2ccccc2s1)Nc1ccc(N2CCCC2)cc1. The van der Waals surface area contributed by atoms with Crippen LogP contribution in [0.15, 0.2) is 48.5 Å². The zero-order chi connectivity index (χ0) is 19.6. The maximum absolute atomic E-state index is 12.7. The Hall–Kier alpha value is -2.44. The van der Waals surface area contributed by atoms with Gasteiger partial charge in [0.05, 0.1) is 22.8 Å². The molecule has 2 aliphatic rings. The van der Waals surface area contributed by atoms with Gasteiger partial charge >= 0.3 is 0 Å². The molecule has 2 fully saturated rings. The Morgan fingerprint density at radius 1 is 1.03 bits per heavy atom. The highest BCUT2D eigenvalue weighted by Gasteiger charge is 2.30. The van der Waals surface area contributed by atoms with Gasteiger partial charge < -0.3 is 10.2 Å². The molecule has 6 heteroatoms. The number of carbonyl (C=O) groups is 1. The first kappa shape index (κ1) is 18.6. The molecular formula is C23H26N4OS. The molecule has 3 heterocycles. The second-order valence-electron chi connectivity index (χ2n) is 7.94. The fourth-order valence-corrected chi connectivity index (χ4v) is 5.58. The standard InChI is InChI=1S/C23H26N4OS/c28-22(24-17-9-11-18(12-10-17)26-13-3-4-14-26)16-27-15-5-7-20(27)23-25-19-6-1-2-8-21(19)29-23/h1-2,6,8-12,20H,3-5,7,13-16H2,(H,24,28)/t20-/m1/s1. The zero-order valence-electron chi connectivity index (χ0n) is 16.5. The number of benzene rings is 2. The number of amides is 1. The van der Waals surface area contributed by atoms with Gasteiger partial charge in [0.2, 0.25) is 5.91 Å². The molecule has 0 aliphatic carbocycles. The van der Waals surface area contributed by atoms with Crippen molar-refractivity contribution in [2.24, 2.45) is 0 Å². The van der Waals surface area contributed by atoms with Crippen LogP contribution < -0.4 is 10.2 Å². The Labute approximate surface area is 175 Å². The Bertz CT molecular complexity index is 961. The molecule has 0 saturated carbocycles. The van der Waals surface area contributed by atoms with E-state index in [9.17, 15) is 4.79 Å². The van der Waals surface area contributed by atoms with Gasteiger partial charge in [-0.2, -0.15) is 0 Å². The van der Waals surface area contributed by atoms with Gasteiger partial charge in [-0.25, -0.2) is 4.98 Å². The summed E-state index contributed by atoms with van der Waals surface area (Å²) in [5, 5.41) is 4.20. The summed E-state index contributed by atoms with van der Waals surface area (Å²) in [4.78, 5) is 22.2. The van der Waals surface area contributed by atoms with Gasteiger partial charge in [0.15, 0.2) is 0 Å². The molecule has 29 heavy (non-hydrogen) atoms. The number of hydrogen-bond acceptors (Lipinski definition) is 5. The Morgan fingerprint density at radius 2 is 1.83 bits per heavy atom. The van der Waals surface area contributed by atoms with E-state index < -0.39 is 0 Å². The van der Waals surface area contributed by atoms with E-state index in [1.54, 1.807) is 11.3 Å². The molecule has 2 aromatic carbocycles. The molecule has 1 atom stereocenters. The van der Waals surface area contributed by atoms with Gasteiger partial charge in [0.1, 0.15) is 5.01 Å². The molecule has 5 rings (SSSR count). The van der Waals surface area contributed by atoms with Crippen molar-refractivity contribution >= 4 is 38.8 Å². The highest BCUT2D eigenvalue weighted by atomic mass is 32.1. The number of para-hydroxylation sites is 1. The first-order valence-corrected chi connectivity index (χ1v) is 11.3. The van der Waals surface area contributed by atoms with Crippen molar-refractivity contribution in [2.75, 3.05) is 36.4 Å². The lowest BCUT2D eigenvalue weighted by atomic mass is 10.2. The van der Waals surface area contributed by atoms with Crippen LogP contribution in [0.25, 0.3) is 10.2 Å². The summed E-state index contributed by atoms with van der Waals surface area (Å²) in [6, 6.07) is 16.8. The molecule has 3 aromatic rings. The Balaban J connectivity index is 1.22. The topological polar surface area (TPSA) is 48.5 Å². The van der Waals surface area contributed by atoms with E-state index in [4.69, 9.17) is 4.98 Å². The van der Waals surface area contributed by atoms with Crippen molar-refractivity contribution < 1.29 is 4.79 Å². The smallest absolute Gasteiger partial charge is 0.238 e. The Morgan fingerprint density at radius 3 is 2.62 bits per heavy atom. The number of aromatic nitrogens is 1. The summed E-state index contributed by atoms with van der Waals surface area (Å²) >= 11 is 1.75. The van der Waals surface area contributed by atoms with Crippen LogP contribution >= 0.6 is 11.3 Å². The van der Waals surface area contributed by atoms with Gasteiger partial charge in [-0.15, -0.1) is 11.3 Å². The molecule has 150 valence electrons. The maximum atomic E-state index is 12.7. The summed E-state index contributed by atoms with van der Waals surface area (Å²) in [5.74, 6) is 0.0481. The molecule has 5 nitrogen and oxygen atoms in total. The van der Waals surface area contributed by atoms with Crippen LogP contribution in [0.3, 0.4) is 0 Å². The van der Waals surface area contributed by atoms with Crippen molar-refractivity contribution in [3.05, 3.63) is 53.5 Å². The van der Waals surface area contributed by atoms with E-state index >= 15 is 0 Å². The summed E-state index contributed by atoms with van der Waals surface area (Å²) in [6.07, 6.45) is 4.71. The van der Waals surface area contributed by atoms with Crippen molar-refractivity contribution in [3.8, 4) is 0 Å². The second-order valence-corrected chi connectivity index (χ2v) is 9.00. The summed E-state index contributed by atoms with van der Waals surface area (Å²) in [5.41, 5.74) is 3.17. The number of likely N-dealkylation sites (tertiary alicyclic amines) is 1. The fourth-order valence-electron chi connectivity index (χ4n) is 4.44. The van der Waals surface area contributed by atoms with E-state index in [1.807, 2.05) is 18.2 Å². The molecule has 0 radical (unpaired) electrons. The largest absolute Gasteiger partial charge is 0.372 e. The quantitative estimate of drug-likeness (QED) is 0.669. The van der Waals surface area contributed by atoms with E-state index in [-0.39, 0.29) is 11.9 Å². The van der Waals surface area contributed by atoms with E-state index in [0.29, 0.717) is 6.54 Å². The minimum Gasteiger partial charge on any atom is -0.372 e. The van der Waals surface area contributed by atoms with E-state index in [2.05, 4.69) is 45.4 Å². The summed E-state index contributed by atoms with van der Waals surface area (Å²) in [7, 11) is 0. The number of anilines is 2. The number of fused-ring (bicyclic) bond motifs is 1. The second kappa shape index (κ2) is 8.13. The van der Waals surface area contributed by atoms with Gasteiger partial charge in [-0.05, 0) is 68.6 Å². The molecular weight excluding hydrogens is 380 g/mol. The predicted octanol–water partition coefficient (Wildman–Crippen LogP) is 4.67. The maximum Gasteiger partial charge on any atom is 0.238 e. The highest BCUT2D eigenvalue weighted by Crippen LogP contribution is 2.36. The van der Waals surface area contributed by atoms with Gasteiger partial charge in [0.25, 0.3) is 0 Å². The molecule has 2 aliphatic heterocycles. The lowest BCUT2D eigenvalue weighted by Gasteiger charge is -2.22. The van der Waals surface area contributed by atoms with Crippen LogP contribution in [0, 0.1) is 0 Å². The number of hydrogen-bond donors (Lipinski definition) is 1. The lowest BCUT2D eigenvalue weighted by Crippen LogP contribution is -2.32. The first-order chi connectivity index (χ1) is 14.3. The van der Waals surface area contributed by atoms with Crippen molar-refractivity contribution in [1.29, 1.82) is 0 Å². The number of thiazole rings is 1. The first-order valence-electron chi connectivity index (χ1n) is 10.5. The molecule has 1 aromatic heterocycles. The number of rotatable bonds is 5. The van der Waals surface area contributed by atoms with Crippen LogP contribution in [0.2, 0.25) is 0 Å². The van der Waals surface area contributed by atoms with Crippen molar-refractivity contribution in [3.63, 3.8) is 0 Å². The van der Waals surface area contributed by atoms with Gasteiger partial charge in [-0.3, -0.25) is 9.69 Å². The third kappa shape index (κ3) is 4.00. The van der Waals surface area contributed by atoms with Gasteiger partial charge in [-0.1, -0.05) is 12.1 Å². The molecule has 1 amide bonds. The van der Waals surface area contributed by atoms with Crippen molar-refractivity contribution in [2.45, 2.75) is 31.7 Å². The number of nitrogens with zero attached hydrogens (tertiary/aromatic N) is 3. The summed E-state index contributed by atoms with van der Waals surface area (Å²) < 4.78 is 1.22. The highest BCUT2D eigenvalue weighted by molar-refractivity contribution is 7.18. The third-order valence-electron chi connectivity index (χ3n) is 5.93. The van der Waals surface area contributed by atoms with Crippen LogP contribution in [-0.4, -0.2) is 42.0 Å². The molecule has 0 spiro atoms. The van der Waals surface area contributed by atoms with Crippen LogP contribution in [0.5, 0.6) is 0 Å². The predicted molar refractivity (Wildman–Crippen MR) is 120 cm³/mol. The van der Waals surface area contributed by atoms with Gasteiger partial charge in [0, 0.05) is 24.5 Å². The summed E-state index contributed by atoms with van der Waals surface area (Å²) in [6.45, 7) is 3.62. The van der Waals surface area contributed by atoms with E-state index in [0.717, 1.165) is 48.7 Å². The third-order valence-corrected chi connectivity index (χ3v) is 7.07. The molecule has 2 saturated heterocycles. The normalized spacial score (nSPS) is 19.9. The Kier molecular flexibility index (Phi) is 5.21. The number of carbonyl (C=O) groups excluding carboxylic acids is 1. The fraction of sp³-hybridized carbons (Fsp3) is 0.391. The minimum absolute atomic E-state index is 0.0481. The number of nitrogens with one attached hydrogen (secondary N) is 1. The average Bonchev–Trinajstić information content (AvgIpc) is 3.48. The minimum atomic E-state index is 0.0481. The lowest BCUT2D eigenvalue weighted by molar-refractivity contribution is -0.117. The van der Waals surface area contributed by atoms with Crippen LogP contribution in [0.4, 0.5) is 11.4 Å². The zero-order valence-corrected chi connectivity index (χ0v) is 17.3. The average molecular weight is 407 g/mol. The molecule has 0 unspecified atom stereocenters.